The van der Waals surface area contributed by atoms with Gasteiger partial charge >= 0.3 is 0 Å². The maximum Gasteiger partial charge on any atom is 0.222 e. The van der Waals surface area contributed by atoms with Crippen LogP contribution in [0.25, 0.3) is 11.1 Å². The number of anilines is 1. The second-order valence-electron chi connectivity index (χ2n) is 6.72. The van der Waals surface area contributed by atoms with Crippen molar-refractivity contribution in [2.24, 2.45) is 5.73 Å². The van der Waals surface area contributed by atoms with Gasteiger partial charge in [0.1, 0.15) is 0 Å². The number of nitrogens with two attached hydrogens (primary N) is 1. The largest absolute Gasteiger partial charge is 0.351 e. The molecule has 0 amide bonds. The van der Waals surface area contributed by atoms with Gasteiger partial charge in [0.2, 0.25) is 5.95 Å². The van der Waals surface area contributed by atoms with E-state index in [-0.39, 0.29) is 6.04 Å². The second-order valence-corrected chi connectivity index (χ2v) is 6.72. The van der Waals surface area contributed by atoms with Gasteiger partial charge in [0.05, 0.1) is 0 Å². The van der Waals surface area contributed by atoms with Crippen molar-refractivity contribution in [2.45, 2.75) is 31.8 Å². The van der Waals surface area contributed by atoms with Gasteiger partial charge in [-0.2, -0.15) is 0 Å². The average Bonchev–Trinajstić information content (AvgIpc) is 3.05. The summed E-state index contributed by atoms with van der Waals surface area (Å²) in [5.41, 5.74) is 12.0. The standard InChI is InChI=1S/C21H22N4/c1-14(22)15-6-8-16(9-7-15)19-12-23-21(24-13-19)25-20-10-17-4-2-3-5-18(17)11-20/h2-9,12-14,20H,10-11,22H2,1H3,(H,23,24,25). The zero-order valence-corrected chi connectivity index (χ0v) is 14.3. The fourth-order valence-corrected chi connectivity index (χ4v) is 3.37. The van der Waals surface area contributed by atoms with Crippen LogP contribution in [0.5, 0.6) is 0 Å². The van der Waals surface area contributed by atoms with Crippen molar-refractivity contribution in [3.05, 3.63) is 77.6 Å². The third-order valence-electron chi connectivity index (χ3n) is 4.81. The summed E-state index contributed by atoms with van der Waals surface area (Å²) in [7, 11) is 0. The summed E-state index contributed by atoms with van der Waals surface area (Å²) in [5, 5.41) is 3.45. The van der Waals surface area contributed by atoms with Gasteiger partial charge in [-0.25, -0.2) is 9.97 Å². The average molecular weight is 330 g/mol. The van der Waals surface area contributed by atoms with E-state index in [2.05, 4.69) is 63.8 Å². The Bertz CT molecular complexity index is 829. The third kappa shape index (κ3) is 3.39. The van der Waals surface area contributed by atoms with E-state index in [0.29, 0.717) is 12.0 Å². The SMILES string of the molecule is CC(N)c1ccc(-c2cnc(NC3Cc4ccccc4C3)nc2)cc1. The minimum absolute atomic E-state index is 0.0485. The molecule has 126 valence electrons. The van der Waals surface area contributed by atoms with Crippen LogP contribution in [0, 0.1) is 0 Å². The minimum atomic E-state index is 0.0485. The van der Waals surface area contributed by atoms with Crippen LogP contribution in [-0.4, -0.2) is 16.0 Å². The van der Waals surface area contributed by atoms with Gasteiger partial charge in [0, 0.05) is 30.0 Å². The van der Waals surface area contributed by atoms with Crippen molar-refractivity contribution >= 4 is 5.95 Å². The Labute approximate surface area is 148 Å². The van der Waals surface area contributed by atoms with E-state index < -0.39 is 0 Å². The Morgan fingerprint density at radius 2 is 1.52 bits per heavy atom. The van der Waals surface area contributed by atoms with E-state index in [9.17, 15) is 0 Å². The Morgan fingerprint density at radius 1 is 0.920 bits per heavy atom. The molecule has 0 aliphatic heterocycles. The number of hydrogen-bond acceptors (Lipinski definition) is 4. The van der Waals surface area contributed by atoms with E-state index in [0.717, 1.165) is 29.5 Å². The topological polar surface area (TPSA) is 63.8 Å². The molecule has 0 spiro atoms. The lowest BCUT2D eigenvalue weighted by Gasteiger charge is -2.12. The molecule has 0 radical (unpaired) electrons. The zero-order chi connectivity index (χ0) is 17.2. The summed E-state index contributed by atoms with van der Waals surface area (Å²) in [4.78, 5) is 8.98. The molecule has 0 saturated heterocycles. The molecule has 0 bridgehead atoms. The van der Waals surface area contributed by atoms with E-state index in [1.807, 2.05) is 19.3 Å². The van der Waals surface area contributed by atoms with Crippen molar-refractivity contribution in [1.82, 2.24) is 9.97 Å². The van der Waals surface area contributed by atoms with E-state index in [4.69, 9.17) is 5.73 Å². The van der Waals surface area contributed by atoms with Crippen LogP contribution in [0.2, 0.25) is 0 Å². The van der Waals surface area contributed by atoms with Crippen molar-refractivity contribution in [2.75, 3.05) is 5.32 Å². The van der Waals surface area contributed by atoms with Crippen LogP contribution >= 0.6 is 0 Å². The lowest BCUT2D eigenvalue weighted by molar-refractivity contribution is 0.762. The van der Waals surface area contributed by atoms with Gasteiger partial charge in [0.15, 0.2) is 0 Å². The highest BCUT2D eigenvalue weighted by molar-refractivity contribution is 5.62. The van der Waals surface area contributed by atoms with E-state index in [1.54, 1.807) is 0 Å². The quantitative estimate of drug-likeness (QED) is 0.765. The molecule has 1 aliphatic rings. The number of rotatable bonds is 4. The predicted molar refractivity (Wildman–Crippen MR) is 101 cm³/mol. The first-order chi connectivity index (χ1) is 12.2. The minimum Gasteiger partial charge on any atom is -0.351 e. The molecule has 1 atom stereocenters. The molecule has 4 nitrogen and oxygen atoms in total. The first-order valence-electron chi connectivity index (χ1n) is 8.70. The van der Waals surface area contributed by atoms with Crippen molar-refractivity contribution in [1.29, 1.82) is 0 Å². The maximum atomic E-state index is 5.90. The van der Waals surface area contributed by atoms with Gasteiger partial charge < -0.3 is 11.1 Å². The number of aromatic nitrogens is 2. The highest BCUT2D eigenvalue weighted by Gasteiger charge is 2.21. The summed E-state index contributed by atoms with van der Waals surface area (Å²) in [5.74, 6) is 0.689. The Morgan fingerprint density at radius 3 is 2.08 bits per heavy atom. The summed E-state index contributed by atoms with van der Waals surface area (Å²) < 4.78 is 0. The fraction of sp³-hybridized carbons (Fsp3) is 0.238. The van der Waals surface area contributed by atoms with Gasteiger partial charge in [-0.1, -0.05) is 48.5 Å². The number of nitrogens with zero attached hydrogens (tertiary/aromatic N) is 2. The van der Waals surface area contributed by atoms with Gasteiger partial charge in [-0.05, 0) is 42.0 Å². The van der Waals surface area contributed by atoms with Crippen LogP contribution in [-0.2, 0) is 12.8 Å². The summed E-state index contributed by atoms with van der Waals surface area (Å²) in [6, 6.07) is 17.3. The molecule has 2 aromatic carbocycles. The Hall–Kier alpha value is -2.72. The highest BCUT2D eigenvalue weighted by atomic mass is 15.1. The summed E-state index contributed by atoms with van der Waals surface area (Å²) >= 11 is 0. The van der Waals surface area contributed by atoms with Crippen LogP contribution in [0.15, 0.2) is 60.9 Å². The first-order valence-corrected chi connectivity index (χ1v) is 8.70. The molecule has 25 heavy (non-hydrogen) atoms. The molecule has 3 N–H and O–H groups in total. The molecule has 4 rings (SSSR count). The van der Waals surface area contributed by atoms with E-state index in [1.165, 1.54) is 11.1 Å². The zero-order valence-electron chi connectivity index (χ0n) is 14.3. The molecular formula is C21H22N4. The molecule has 3 aromatic rings. The van der Waals surface area contributed by atoms with Crippen LogP contribution in [0.3, 0.4) is 0 Å². The molecule has 4 heteroatoms. The van der Waals surface area contributed by atoms with Crippen LogP contribution in [0.4, 0.5) is 5.95 Å². The van der Waals surface area contributed by atoms with Crippen LogP contribution < -0.4 is 11.1 Å². The molecule has 0 fully saturated rings. The highest BCUT2D eigenvalue weighted by Crippen LogP contribution is 2.24. The Kier molecular flexibility index (Phi) is 4.20. The lowest BCUT2D eigenvalue weighted by Crippen LogP contribution is -2.20. The van der Waals surface area contributed by atoms with Crippen LogP contribution in [0.1, 0.15) is 29.7 Å². The summed E-state index contributed by atoms with van der Waals surface area (Å²) in [6.45, 7) is 1.99. The maximum absolute atomic E-state index is 5.90. The molecule has 1 aliphatic carbocycles. The van der Waals surface area contributed by atoms with E-state index >= 15 is 0 Å². The van der Waals surface area contributed by atoms with Crippen molar-refractivity contribution in [3.63, 3.8) is 0 Å². The van der Waals surface area contributed by atoms with Gasteiger partial charge in [0.25, 0.3) is 0 Å². The molecule has 1 aromatic heterocycles. The Balaban J connectivity index is 1.44. The number of hydrogen-bond donors (Lipinski definition) is 2. The van der Waals surface area contributed by atoms with Crippen molar-refractivity contribution in [3.8, 4) is 11.1 Å². The number of nitrogens with one attached hydrogen (secondary N) is 1. The van der Waals surface area contributed by atoms with Gasteiger partial charge in [-0.15, -0.1) is 0 Å². The monoisotopic (exact) mass is 330 g/mol. The molecule has 0 saturated carbocycles. The normalized spacial score (nSPS) is 15.0. The lowest BCUT2D eigenvalue weighted by atomic mass is 10.0. The predicted octanol–water partition coefficient (Wildman–Crippen LogP) is 3.74. The third-order valence-corrected chi connectivity index (χ3v) is 4.81. The molecule has 1 heterocycles. The first kappa shape index (κ1) is 15.8. The molecule has 1 unspecified atom stereocenters. The summed E-state index contributed by atoms with van der Waals surface area (Å²) in [6.07, 6.45) is 5.80. The second kappa shape index (κ2) is 6.65. The fourth-order valence-electron chi connectivity index (χ4n) is 3.37. The number of benzene rings is 2. The van der Waals surface area contributed by atoms with Crippen molar-refractivity contribution < 1.29 is 0 Å². The number of fused-ring (bicyclic) bond motifs is 1. The van der Waals surface area contributed by atoms with Gasteiger partial charge in [-0.3, -0.25) is 0 Å². The smallest absolute Gasteiger partial charge is 0.222 e. The molecular weight excluding hydrogens is 308 g/mol.